The number of aromatic nitrogens is 3. The summed E-state index contributed by atoms with van der Waals surface area (Å²) in [6.07, 6.45) is 13.1. The molecule has 0 unspecified atom stereocenters. The van der Waals surface area contributed by atoms with Crippen molar-refractivity contribution in [3.05, 3.63) is 106 Å². The number of piperidine rings is 1. The lowest BCUT2D eigenvalue weighted by Gasteiger charge is -2.57. The van der Waals surface area contributed by atoms with Gasteiger partial charge in [0, 0.05) is 79.2 Å². The average molecular weight is 907 g/mol. The molecule has 14 nitrogen and oxygen atoms in total. The number of nitro groups is 1. The van der Waals surface area contributed by atoms with Gasteiger partial charge in [0.15, 0.2) is 0 Å². The van der Waals surface area contributed by atoms with Crippen molar-refractivity contribution < 1.29 is 22.9 Å². The van der Waals surface area contributed by atoms with Crippen LogP contribution in [0.15, 0.2) is 84.1 Å². The molecule has 0 radical (unpaired) electrons. The van der Waals surface area contributed by atoms with E-state index in [9.17, 15) is 23.3 Å². The molecule has 64 heavy (non-hydrogen) atoms. The lowest BCUT2D eigenvalue weighted by atomic mass is 9.59. The van der Waals surface area contributed by atoms with Crippen LogP contribution in [0, 0.1) is 27.4 Å². The smallest absolute Gasteiger partial charge is 0.312 e. The van der Waals surface area contributed by atoms with Crippen LogP contribution >= 0.6 is 11.8 Å². The molecule has 1 spiro atoms. The molecule has 5 heterocycles. The van der Waals surface area contributed by atoms with E-state index in [1.165, 1.54) is 29.7 Å². The zero-order valence-corrected chi connectivity index (χ0v) is 38.4. The molecular weight excluding hydrogens is 849 g/mol. The van der Waals surface area contributed by atoms with Crippen LogP contribution in [-0.4, -0.2) is 82.8 Å². The minimum atomic E-state index is -4.59. The Morgan fingerprint density at radius 2 is 1.80 bits per heavy atom. The SMILES string of the molecule is CC1CCC(CNc2ncc(S(=O)(=O)NC(=O)c3ccc(N4CCC5(CC4)CC(N4CCSC[C@H]4c4ccccc4C(C)C)C5)cc3Oc3cnc4[nH]ccc4c3)cc2[N+](=O)[O-])CC1. The second kappa shape index (κ2) is 18.4. The number of anilines is 2. The summed E-state index contributed by atoms with van der Waals surface area (Å²) in [6, 6.07) is 19.8. The van der Waals surface area contributed by atoms with Gasteiger partial charge in [-0.05, 0) is 97.1 Å². The Labute approximate surface area is 379 Å². The summed E-state index contributed by atoms with van der Waals surface area (Å²) in [7, 11) is -4.59. The molecule has 5 aromatic rings. The van der Waals surface area contributed by atoms with Crippen molar-refractivity contribution in [1.29, 1.82) is 0 Å². The summed E-state index contributed by atoms with van der Waals surface area (Å²) in [4.78, 5) is 41.7. The van der Waals surface area contributed by atoms with Gasteiger partial charge in [-0.2, -0.15) is 11.8 Å². The van der Waals surface area contributed by atoms with Gasteiger partial charge in [-0.15, -0.1) is 0 Å². The third-order valence-electron chi connectivity index (χ3n) is 14.2. The van der Waals surface area contributed by atoms with Gasteiger partial charge in [0.1, 0.15) is 22.0 Å². The highest BCUT2D eigenvalue weighted by molar-refractivity contribution is 7.99. The predicted molar refractivity (Wildman–Crippen MR) is 252 cm³/mol. The quantitative estimate of drug-likeness (QED) is 0.0755. The lowest BCUT2D eigenvalue weighted by molar-refractivity contribution is -0.384. The second-order valence-corrected chi connectivity index (χ2v) is 21.6. The molecule has 2 saturated carbocycles. The fourth-order valence-electron chi connectivity index (χ4n) is 10.4. The zero-order chi connectivity index (χ0) is 44.6. The molecular formula is C48H58N8O6S2. The molecule has 2 aromatic carbocycles. The summed E-state index contributed by atoms with van der Waals surface area (Å²) in [5.74, 6) is 3.36. The van der Waals surface area contributed by atoms with Crippen molar-refractivity contribution >= 4 is 55.9 Å². The molecule has 3 N–H and O–H groups in total. The first kappa shape index (κ1) is 44.0. The highest BCUT2D eigenvalue weighted by Crippen LogP contribution is 2.54. The van der Waals surface area contributed by atoms with Crippen LogP contribution in [0.5, 0.6) is 11.5 Å². The number of H-pyrrole nitrogens is 1. The van der Waals surface area contributed by atoms with Crippen LogP contribution in [0.1, 0.15) is 106 Å². The van der Waals surface area contributed by atoms with Crippen LogP contribution in [-0.2, 0) is 10.0 Å². The average Bonchev–Trinajstić information content (AvgIpc) is 3.76. The van der Waals surface area contributed by atoms with E-state index in [1.54, 1.807) is 30.6 Å². The number of thioether (sulfide) groups is 1. The van der Waals surface area contributed by atoms with Crippen LogP contribution in [0.2, 0.25) is 0 Å². The number of sulfonamides is 1. The molecule has 3 aromatic heterocycles. The number of aromatic amines is 1. The highest BCUT2D eigenvalue weighted by atomic mass is 32.2. The maximum Gasteiger partial charge on any atom is 0.312 e. The number of benzene rings is 2. The normalized spacial score (nSPS) is 21.8. The Bertz CT molecular complexity index is 2610. The molecule has 9 rings (SSSR count). The van der Waals surface area contributed by atoms with Crippen molar-refractivity contribution in [1.82, 2.24) is 24.6 Å². The number of carbonyl (C=O) groups excluding carboxylic acids is 1. The molecule has 338 valence electrons. The zero-order valence-electron chi connectivity index (χ0n) is 36.8. The maximum atomic E-state index is 14.0. The van der Waals surface area contributed by atoms with E-state index in [-0.39, 0.29) is 17.1 Å². The van der Waals surface area contributed by atoms with E-state index in [2.05, 4.69) is 91.6 Å². The number of pyridine rings is 2. The van der Waals surface area contributed by atoms with E-state index in [0.29, 0.717) is 53.2 Å². The van der Waals surface area contributed by atoms with Gasteiger partial charge in [0.05, 0.1) is 22.9 Å². The van der Waals surface area contributed by atoms with Crippen molar-refractivity contribution in [2.24, 2.45) is 17.3 Å². The first-order valence-corrected chi connectivity index (χ1v) is 25.4. The molecule has 16 heteroatoms. The fraction of sp³-hybridized carbons (Fsp3) is 0.479. The van der Waals surface area contributed by atoms with Crippen molar-refractivity contribution in [2.45, 2.75) is 95.0 Å². The molecule has 0 bridgehead atoms. The van der Waals surface area contributed by atoms with Crippen molar-refractivity contribution in [3.63, 3.8) is 0 Å². The van der Waals surface area contributed by atoms with Gasteiger partial charge < -0.3 is 19.9 Å². The Morgan fingerprint density at radius 3 is 2.56 bits per heavy atom. The van der Waals surface area contributed by atoms with E-state index >= 15 is 0 Å². The number of nitrogens with one attached hydrogen (secondary N) is 3. The molecule has 2 saturated heterocycles. The number of hydrogen-bond acceptors (Lipinski definition) is 12. The van der Waals surface area contributed by atoms with E-state index in [4.69, 9.17) is 4.74 Å². The summed E-state index contributed by atoms with van der Waals surface area (Å²) < 4.78 is 35.9. The van der Waals surface area contributed by atoms with Gasteiger partial charge in [0.25, 0.3) is 15.9 Å². The Hall–Kier alpha value is -5.19. The van der Waals surface area contributed by atoms with Gasteiger partial charge in [0.2, 0.25) is 5.82 Å². The number of nitrogens with zero attached hydrogens (tertiary/aromatic N) is 5. The second-order valence-electron chi connectivity index (χ2n) is 18.8. The largest absolute Gasteiger partial charge is 0.455 e. The Morgan fingerprint density at radius 1 is 1.02 bits per heavy atom. The van der Waals surface area contributed by atoms with E-state index in [1.807, 2.05) is 12.1 Å². The molecule has 1 amide bonds. The predicted octanol–water partition coefficient (Wildman–Crippen LogP) is 9.68. The number of amides is 1. The molecule has 4 aliphatic rings. The lowest BCUT2D eigenvalue weighted by Crippen LogP contribution is -2.57. The Kier molecular flexibility index (Phi) is 12.6. The van der Waals surface area contributed by atoms with Crippen molar-refractivity contribution in [2.75, 3.05) is 47.9 Å². The minimum Gasteiger partial charge on any atom is -0.455 e. The number of carbonyl (C=O) groups is 1. The molecule has 4 fully saturated rings. The maximum absolute atomic E-state index is 14.0. The van der Waals surface area contributed by atoms with Gasteiger partial charge in [-0.3, -0.25) is 19.8 Å². The third-order valence-corrected chi connectivity index (χ3v) is 16.5. The first-order valence-electron chi connectivity index (χ1n) is 22.7. The van der Waals surface area contributed by atoms with Gasteiger partial charge in [-0.25, -0.2) is 23.1 Å². The first-order chi connectivity index (χ1) is 30.8. The monoisotopic (exact) mass is 906 g/mol. The summed E-state index contributed by atoms with van der Waals surface area (Å²) in [5, 5.41) is 16.0. The molecule has 2 aliphatic carbocycles. The van der Waals surface area contributed by atoms with Crippen LogP contribution < -0.4 is 19.7 Å². The van der Waals surface area contributed by atoms with Crippen LogP contribution in [0.4, 0.5) is 17.2 Å². The number of ether oxygens (including phenoxy) is 1. The van der Waals surface area contributed by atoms with Gasteiger partial charge >= 0.3 is 5.69 Å². The fourth-order valence-corrected chi connectivity index (χ4v) is 12.5. The molecule has 2 aliphatic heterocycles. The number of fused-ring (bicyclic) bond motifs is 1. The van der Waals surface area contributed by atoms with Crippen molar-refractivity contribution in [3.8, 4) is 11.5 Å². The topological polar surface area (TPSA) is 176 Å². The molecule has 1 atom stereocenters. The van der Waals surface area contributed by atoms with Crippen LogP contribution in [0.3, 0.4) is 0 Å². The highest BCUT2D eigenvalue weighted by Gasteiger charge is 2.49. The van der Waals surface area contributed by atoms with Gasteiger partial charge in [-0.1, -0.05) is 57.9 Å². The van der Waals surface area contributed by atoms with E-state index in [0.717, 1.165) is 87.2 Å². The standard InChI is InChI=1S/C48H58N8O6S2/c1-31(2)39-6-4-5-7-40(39)43-30-63-21-20-55(43)36-25-48(26-36)15-18-54(19-16-48)35-12-13-41(44(23-35)62-37-22-34-14-17-49-45(34)51-28-37)47(57)53-64(60,61)38-24-42(56(58)59)46(52-29-38)50-27-33-10-8-32(3)9-11-33/h4-7,12-14,17,22-24,28-29,31-33,36,43H,8-11,15-16,18-21,25-27,30H2,1-3H3,(H,49,51)(H,50,52)(H,53,57)/t32?,33?,43-/m0/s1. The Balaban J connectivity index is 0.901. The third kappa shape index (κ3) is 9.32. The summed E-state index contributed by atoms with van der Waals surface area (Å²) in [5.41, 5.74) is 4.27. The number of rotatable bonds is 13. The van der Waals surface area contributed by atoms with Crippen LogP contribution in [0.25, 0.3) is 11.0 Å². The van der Waals surface area contributed by atoms with E-state index < -0.39 is 31.4 Å². The number of hydrogen-bond donors (Lipinski definition) is 3. The summed E-state index contributed by atoms with van der Waals surface area (Å²) >= 11 is 2.07. The summed E-state index contributed by atoms with van der Waals surface area (Å²) in [6.45, 7) is 10.1. The minimum absolute atomic E-state index is 0.00739.